The number of benzene rings is 1. The molecule has 0 aliphatic heterocycles. The van der Waals surface area contributed by atoms with Gasteiger partial charge in [-0.2, -0.15) is 0 Å². The number of aromatic nitrogens is 2. The van der Waals surface area contributed by atoms with Gasteiger partial charge in [0.15, 0.2) is 0 Å². The van der Waals surface area contributed by atoms with E-state index in [0.717, 1.165) is 11.9 Å². The number of ether oxygens (including phenoxy) is 1. The van der Waals surface area contributed by atoms with E-state index >= 15 is 0 Å². The molecule has 1 aliphatic carbocycles. The first-order valence-electron chi connectivity index (χ1n) is 6.68. The van der Waals surface area contributed by atoms with Crippen LogP contribution in [0, 0.1) is 5.41 Å². The van der Waals surface area contributed by atoms with Crippen LogP contribution in [0.15, 0.2) is 24.5 Å². The Hall–Kier alpha value is -1.88. The summed E-state index contributed by atoms with van der Waals surface area (Å²) in [5.41, 5.74) is 1.69. The molecule has 1 heterocycles. The van der Waals surface area contributed by atoms with E-state index in [9.17, 15) is 9.90 Å². The highest BCUT2D eigenvalue weighted by atomic mass is 16.5. The van der Waals surface area contributed by atoms with Crippen LogP contribution in [0.2, 0.25) is 0 Å². The van der Waals surface area contributed by atoms with Crippen molar-refractivity contribution in [3.05, 3.63) is 30.1 Å². The van der Waals surface area contributed by atoms with Crippen LogP contribution in [0.5, 0.6) is 0 Å². The zero-order chi connectivity index (χ0) is 14.5. The van der Waals surface area contributed by atoms with Gasteiger partial charge in [0.25, 0.3) is 0 Å². The molecule has 0 bridgehead atoms. The lowest BCUT2D eigenvalue weighted by atomic mass is 9.64. The van der Waals surface area contributed by atoms with E-state index in [1.54, 1.807) is 25.6 Å². The summed E-state index contributed by atoms with van der Waals surface area (Å²) in [6.07, 6.45) is 2.82. The van der Waals surface area contributed by atoms with E-state index in [1.165, 1.54) is 0 Å². The van der Waals surface area contributed by atoms with Gasteiger partial charge in [0, 0.05) is 18.6 Å². The van der Waals surface area contributed by atoms with Gasteiger partial charge in [-0.1, -0.05) is 19.9 Å². The maximum Gasteiger partial charge on any atom is 0.337 e. The Labute approximate surface area is 117 Å². The Balaban J connectivity index is 2.12. The quantitative estimate of drug-likeness (QED) is 0.934. The van der Waals surface area contributed by atoms with E-state index in [1.807, 2.05) is 10.6 Å². The molecule has 1 aromatic carbocycles. The van der Waals surface area contributed by atoms with Crippen molar-refractivity contribution in [3.63, 3.8) is 0 Å². The van der Waals surface area contributed by atoms with Crippen LogP contribution in [-0.4, -0.2) is 33.8 Å². The summed E-state index contributed by atoms with van der Waals surface area (Å²) >= 11 is 0. The molecule has 0 radical (unpaired) electrons. The largest absolute Gasteiger partial charge is 0.478 e. The van der Waals surface area contributed by atoms with Crippen molar-refractivity contribution in [2.45, 2.75) is 32.4 Å². The van der Waals surface area contributed by atoms with E-state index in [-0.39, 0.29) is 17.6 Å². The van der Waals surface area contributed by atoms with Gasteiger partial charge < -0.3 is 14.4 Å². The summed E-state index contributed by atoms with van der Waals surface area (Å²) in [5, 5.41) is 9.36. The van der Waals surface area contributed by atoms with Gasteiger partial charge in [-0.15, -0.1) is 0 Å². The molecule has 0 amide bonds. The molecule has 0 spiro atoms. The first-order valence-corrected chi connectivity index (χ1v) is 6.68. The molecule has 2 aromatic rings. The molecular formula is C15H18N2O3. The summed E-state index contributed by atoms with van der Waals surface area (Å²) in [5.74, 6) is -0.919. The summed E-state index contributed by atoms with van der Waals surface area (Å²) < 4.78 is 7.46. The fourth-order valence-electron chi connectivity index (χ4n) is 3.23. The second-order valence-corrected chi connectivity index (χ2v) is 5.93. The van der Waals surface area contributed by atoms with Crippen molar-refractivity contribution < 1.29 is 14.6 Å². The molecule has 2 atom stereocenters. The molecule has 20 heavy (non-hydrogen) atoms. The fourth-order valence-corrected chi connectivity index (χ4v) is 3.23. The SMILES string of the molecule is COC1CC(n2cnc3cccc(C(=O)O)c32)C1(C)C. The summed E-state index contributed by atoms with van der Waals surface area (Å²) in [7, 11) is 1.72. The first kappa shape index (κ1) is 13.1. The zero-order valence-corrected chi connectivity index (χ0v) is 11.8. The van der Waals surface area contributed by atoms with Gasteiger partial charge in [0.1, 0.15) is 0 Å². The summed E-state index contributed by atoms with van der Waals surface area (Å²) in [4.78, 5) is 15.7. The van der Waals surface area contributed by atoms with Crippen molar-refractivity contribution in [3.8, 4) is 0 Å². The Morgan fingerprint density at radius 3 is 2.85 bits per heavy atom. The molecule has 1 aliphatic rings. The van der Waals surface area contributed by atoms with Gasteiger partial charge in [-0.05, 0) is 18.6 Å². The lowest BCUT2D eigenvalue weighted by molar-refractivity contribution is -0.111. The molecule has 1 fully saturated rings. The number of rotatable bonds is 3. The number of carboxylic acids is 1. The summed E-state index contributed by atoms with van der Waals surface area (Å²) in [6, 6.07) is 5.41. The van der Waals surface area contributed by atoms with Crippen LogP contribution in [0.4, 0.5) is 0 Å². The lowest BCUT2D eigenvalue weighted by Crippen LogP contribution is -2.50. The van der Waals surface area contributed by atoms with Gasteiger partial charge >= 0.3 is 5.97 Å². The molecular weight excluding hydrogens is 256 g/mol. The standard InChI is InChI=1S/C15H18N2O3/c1-15(2)11(7-12(15)20-3)17-8-16-10-6-4-5-9(13(10)17)14(18)19/h4-6,8,11-12H,7H2,1-3H3,(H,18,19). The third kappa shape index (κ3) is 1.66. The van der Waals surface area contributed by atoms with E-state index in [0.29, 0.717) is 11.1 Å². The van der Waals surface area contributed by atoms with Gasteiger partial charge in [0.2, 0.25) is 0 Å². The minimum Gasteiger partial charge on any atom is -0.478 e. The maximum absolute atomic E-state index is 11.4. The van der Waals surface area contributed by atoms with Crippen LogP contribution >= 0.6 is 0 Å². The molecule has 1 N–H and O–H groups in total. The number of nitrogens with zero attached hydrogens (tertiary/aromatic N) is 2. The second kappa shape index (κ2) is 4.31. The third-order valence-electron chi connectivity index (χ3n) is 4.57. The Morgan fingerprint density at radius 1 is 1.50 bits per heavy atom. The van der Waals surface area contributed by atoms with Crippen molar-refractivity contribution in [1.82, 2.24) is 9.55 Å². The molecule has 106 valence electrons. The first-order chi connectivity index (χ1) is 9.46. The number of imidazole rings is 1. The minimum absolute atomic E-state index is 0.0337. The average Bonchev–Trinajstić information content (AvgIpc) is 2.81. The molecule has 2 unspecified atom stereocenters. The number of hydrogen-bond acceptors (Lipinski definition) is 3. The minimum atomic E-state index is -0.919. The Morgan fingerprint density at radius 2 is 2.25 bits per heavy atom. The number of hydrogen-bond donors (Lipinski definition) is 1. The number of fused-ring (bicyclic) bond motifs is 1. The van der Waals surface area contributed by atoms with Crippen molar-refractivity contribution in [2.24, 2.45) is 5.41 Å². The van der Waals surface area contributed by atoms with Gasteiger partial charge in [-0.3, -0.25) is 0 Å². The predicted molar refractivity (Wildman–Crippen MR) is 74.9 cm³/mol. The van der Waals surface area contributed by atoms with E-state index < -0.39 is 5.97 Å². The lowest BCUT2D eigenvalue weighted by Gasteiger charge is -2.51. The average molecular weight is 274 g/mol. The number of aromatic carboxylic acids is 1. The zero-order valence-electron chi connectivity index (χ0n) is 11.8. The van der Waals surface area contributed by atoms with Crippen LogP contribution in [0.3, 0.4) is 0 Å². The topological polar surface area (TPSA) is 64.4 Å². The Bertz CT molecular complexity index is 675. The number of methoxy groups -OCH3 is 1. The molecule has 1 saturated carbocycles. The van der Waals surface area contributed by atoms with E-state index in [2.05, 4.69) is 18.8 Å². The van der Waals surface area contributed by atoms with Crippen LogP contribution in [-0.2, 0) is 4.74 Å². The van der Waals surface area contributed by atoms with Crippen LogP contribution in [0.1, 0.15) is 36.7 Å². The maximum atomic E-state index is 11.4. The van der Waals surface area contributed by atoms with Crippen LogP contribution in [0.25, 0.3) is 11.0 Å². The van der Waals surface area contributed by atoms with Crippen molar-refractivity contribution in [2.75, 3.05) is 7.11 Å². The molecule has 0 saturated heterocycles. The number of para-hydroxylation sites is 1. The molecule has 3 rings (SSSR count). The number of carbonyl (C=O) groups is 1. The van der Waals surface area contributed by atoms with Crippen molar-refractivity contribution in [1.29, 1.82) is 0 Å². The highest BCUT2D eigenvalue weighted by Gasteiger charge is 2.50. The fraction of sp³-hybridized carbons (Fsp3) is 0.467. The molecule has 5 heteroatoms. The molecule has 5 nitrogen and oxygen atoms in total. The highest BCUT2D eigenvalue weighted by molar-refractivity contribution is 6.01. The predicted octanol–water partition coefficient (Wildman–Crippen LogP) is 2.72. The molecule has 1 aromatic heterocycles. The Kier molecular flexibility index (Phi) is 2.83. The summed E-state index contributed by atoms with van der Waals surface area (Å²) in [6.45, 7) is 4.29. The van der Waals surface area contributed by atoms with Gasteiger partial charge in [0.05, 0.1) is 29.0 Å². The smallest absolute Gasteiger partial charge is 0.337 e. The van der Waals surface area contributed by atoms with Crippen LogP contribution < -0.4 is 0 Å². The number of carboxylic acid groups (broad SMARTS) is 1. The van der Waals surface area contributed by atoms with E-state index in [4.69, 9.17) is 4.74 Å². The third-order valence-corrected chi connectivity index (χ3v) is 4.57. The van der Waals surface area contributed by atoms with Crippen molar-refractivity contribution >= 4 is 17.0 Å². The second-order valence-electron chi connectivity index (χ2n) is 5.93. The highest BCUT2D eigenvalue weighted by Crippen LogP contribution is 2.51. The normalized spacial score (nSPS) is 24.6. The van der Waals surface area contributed by atoms with Gasteiger partial charge in [-0.25, -0.2) is 9.78 Å². The monoisotopic (exact) mass is 274 g/mol.